The number of hydrogen-bond acceptors (Lipinski definition) is 3. The second kappa shape index (κ2) is 7.57. The molecule has 1 aromatic heterocycles. The molecule has 2 heterocycles. The summed E-state index contributed by atoms with van der Waals surface area (Å²) >= 11 is 11.6. The number of likely N-dealkylation sites (tertiary alicyclic amines) is 1. The van der Waals surface area contributed by atoms with Gasteiger partial charge >= 0.3 is 6.18 Å². The number of benzene rings is 1. The van der Waals surface area contributed by atoms with Gasteiger partial charge in [-0.05, 0) is 37.5 Å². The highest BCUT2D eigenvalue weighted by atomic mass is 35.5. The Labute approximate surface area is 169 Å². The monoisotopic (exact) mass is 435 g/mol. The Kier molecular flexibility index (Phi) is 5.67. The molecule has 2 aromatic rings. The molecule has 3 rings (SSSR count). The Morgan fingerprint density at radius 1 is 1.21 bits per heavy atom. The van der Waals surface area contributed by atoms with Crippen LogP contribution in [0.25, 0.3) is 0 Å². The molecular weight excluding hydrogens is 418 g/mol. The van der Waals surface area contributed by atoms with E-state index >= 15 is 0 Å². The zero-order chi connectivity index (χ0) is 20.7. The van der Waals surface area contributed by atoms with E-state index in [0.29, 0.717) is 23.4 Å². The molecule has 1 aromatic carbocycles. The van der Waals surface area contributed by atoms with Gasteiger partial charge in [-0.3, -0.25) is 9.48 Å². The lowest BCUT2D eigenvalue weighted by atomic mass is 9.84. The number of aliphatic hydroxyl groups is 1. The standard InChI is InChI=1S/C18H18Cl2F3N3O2/c1-11-15(20)16(18(21,22)23)24-26(11)10-14(27)25-8-6-17(28,7-9-25)12-2-4-13(19)5-3-12/h2-5,28H,6-10H2,1H3. The predicted octanol–water partition coefficient (Wildman–Crippen LogP) is 4.03. The SMILES string of the molecule is Cc1c(Cl)c(C(F)(F)F)nn1CC(=O)N1CCC(O)(c2ccc(Cl)cc2)CC1. The van der Waals surface area contributed by atoms with Crippen LogP contribution in [0.4, 0.5) is 13.2 Å². The molecule has 1 saturated heterocycles. The molecule has 0 spiro atoms. The van der Waals surface area contributed by atoms with Crippen molar-refractivity contribution < 1.29 is 23.1 Å². The number of alkyl halides is 3. The first kappa shape index (κ1) is 21.0. The maximum atomic E-state index is 12.9. The predicted molar refractivity (Wildman–Crippen MR) is 98.1 cm³/mol. The van der Waals surface area contributed by atoms with Crippen LogP contribution in [0.15, 0.2) is 24.3 Å². The number of hydrogen-bond donors (Lipinski definition) is 1. The number of piperidine rings is 1. The fourth-order valence-electron chi connectivity index (χ4n) is 3.26. The van der Waals surface area contributed by atoms with Gasteiger partial charge in [-0.1, -0.05) is 35.3 Å². The van der Waals surface area contributed by atoms with E-state index < -0.39 is 22.5 Å². The highest BCUT2D eigenvalue weighted by Crippen LogP contribution is 2.36. The molecule has 5 nitrogen and oxygen atoms in total. The van der Waals surface area contributed by atoms with Crippen LogP contribution >= 0.6 is 23.2 Å². The number of amides is 1. The Hall–Kier alpha value is -1.77. The minimum absolute atomic E-state index is 0.0806. The number of carbonyl (C=O) groups excluding carboxylic acids is 1. The molecule has 152 valence electrons. The van der Waals surface area contributed by atoms with Crippen molar-refractivity contribution in [2.75, 3.05) is 13.1 Å². The van der Waals surface area contributed by atoms with Crippen LogP contribution in [0.5, 0.6) is 0 Å². The number of aromatic nitrogens is 2. The molecule has 1 amide bonds. The summed E-state index contributed by atoms with van der Waals surface area (Å²) in [5, 5.41) is 14.4. The van der Waals surface area contributed by atoms with E-state index in [-0.39, 0.29) is 31.2 Å². The van der Waals surface area contributed by atoms with Crippen LogP contribution in [0, 0.1) is 6.92 Å². The van der Waals surface area contributed by atoms with Crippen molar-refractivity contribution in [1.29, 1.82) is 0 Å². The highest BCUT2D eigenvalue weighted by molar-refractivity contribution is 6.32. The largest absolute Gasteiger partial charge is 0.436 e. The zero-order valence-electron chi connectivity index (χ0n) is 14.9. The summed E-state index contributed by atoms with van der Waals surface area (Å²) in [6.45, 7) is 1.59. The minimum Gasteiger partial charge on any atom is -0.385 e. The van der Waals surface area contributed by atoms with Crippen molar-refractivity contribution in [1.82, 2.24) is 14.7 Å². The summed E-state index contributed by atoms with van der Waals surface area (Å²) in [7, 11) is 0. The van der Waals surface area contributed by atoms with Crippen LogP contribution in [0.3, 0.4) is 0 Å². The van der Waals surface area contributed by atoms with E-state index in [9.17, 15) is 23.1 Å². The first-order chi connectivity index (χ1) is 13.0. The molecule has 0 bridgehead atoms. The average molecular weight is 436 g/mol. The molecule has 10 heteroatoms. The molecule has 0 saturated carbocycles. The lowest BCUT2D eigenvalue weighted by molar-refractivity contribution is -0.142. The van der Waals surface area contributed by atoms with Gasteiger partial charge in [0.15, 0.2) is 5.69 Å². The molecule has 0 aliphatic carbocycles. The summed E-state index contributed by atoms with van der Waals surface area (Å²) in [6.07, 6.45) is -4.06. The van der Waals surface area contributed by atoms with E-state index in [2.05, 4.69) is 5.10 Å². The topological polar surface area (TPSA) is 58.4 Å². The zero-order valence-corrected chi connectivity index (χ0v) is 16.4. The van der Waals surface area contributed by atoms with Crippen molar-refractivity contribution in [3.05, 3.63) is 51.3 Å². The molecule has 0 radical (unpaired) electrons. The van der Waals surface area contributed by atoms with Crippen molar-refractivity contribution in [2.24, 2.45) is 0 Å². The van der Waals surface area contributed by atoms with Gasteiger partial charge in [-0.2, -0.15) is 18.3 Å². The van der Waals surface area contributed by atoms with Gasteiger partial charge in [0.25, 0.3) is 0 Å². The molecule has 0 unspecified atom stereocenters. The van der Waals surface area contributed by atoms with Gasteiger partial charge in [0.2, 0.25) is 5.91 Å². The van der Waals surface area contributed by atoms with Crippen LogP contribution in [0.2, 0.25) is 10.0 Å². The van der Waals surface area contributed by atoms with E-state index in [1.165, 1.54) is 11.8 Å². The average Bonchev–Trinajstić information content (AvgIpc) is 2.91. The fourth-order valence-corrected chi connectivity index (χ4v) is 3.63. The lowest BCUT2D eigenvalue weighted by Crippen LogP contribution is -2.46. The Balaban J connectivity index is 1.67. The third-order valence-corrected chi connectivity index (χ3v) is 5.72. The molecule has 1 aliphatic heterocycles. The van der Waals surface area contributed by atoms with Gasteiger partial charge in [0.1, 0.15) is 6.54 Å². The molecule has 1 aliphatic rings. The summed E-state index contributed by atoms with van der Waals surface area (Å²) in [5.74, 6) is -0.380. The minimum atomic E-state index is -4.68. The first-order valence-corrected chi connectivity index (χ1v) is 9.33. The van der Waals surface area contributed by atoms with Crippen LogP contribution in [-0.4, -0.2) is 38.8 Å². The molecule has 0 atom stereocenters. The Morgan fingerprint density at radius 2 is 1.79 bits per heavy atom. The van der Waals surface area contributed by atoms with Crippen molar-refractivity contribution in [3.63, 3.8) is 0 Å². The Bertz CT molecular complexity index is 873. The van der Waals surface area contributed by atoms with Gasteiger partial charge in [0.05, 0.1) is 16.3 Å². The second-order valence-corrected chi connectivity index (χ2v) is 7.64. The normalized spacial score (nSPS) is 17.0. The van der Waals surface area contributed by atoms with Crippen molar-refractivity contribution in [3.8, 4) is 0 Å². The third kappa shape index (κ3) is 4.14. The summed E-state index contributed by atoms with van der Waals surface area (Å²) < 4.78 is 39.7. The van der Waals surface area contributed by atoms with Crippen LogP contribution in [-0.2, 0) is 23.1 Å². The van der Waals surface area contributed by atoms with Gasteiger partial charge in [0, 0.05) is 18.1 Å². The molecule has 1 N–H and O–H groups in total. The number of rotatable bonds is 3. The maximum absolute atomic E-state index is 12.9. The molecule has 1 fully saturated rings. The first-order valence-electron chi connectivity index (χ1n) is 8.57. The van der Waals surface area contributed by atoms with Gasteiger partial charge in [-0.15, -0.1) is 0 Å². The molecule has 28 heavy (non-hydrogen) atoms. The molecular formula is C18H18Cl2F3N3O2. The van der Waals surface area contributed by atoms with E-state index in [4.69, 9.17) is 23.2 Å². The van der Waals surface area contributed by atoms with Gasteiger partial charge in [-0.25, -0.2) is 0 Å². The highest BCUT2D eigenvalue weighted by Gasteiger charge is 2.39. The fraction of sp³-hybridized carbons (Fsp3) is 0.444. The lowest BCUT2D eigenvalue weighted by Gasteiger charge is -2.38. The smallest absolute Gasteiger partial charge is 0.385 e. The number of halogens is 5. The second-order valence-electron chi connectivity index (χ2n) is 6.82. The van der Waals surface area contributed by atoms with Crippen molar-refractivity contribution in [2.45, 2.75) is 38.1 Å². The van der Waals surface area contributed by atoms with Crippen LogP contribution < -0.4 is 0 Å². The third-order valence-electron chi connectivity index (χ3n) is 5.01. The van der Waals surface area contributed by atoms with Gasteiger partial charge < -0.3 is 10.0 Å². The summed E-state index contributed by atoms with van der Waals surface area (Å²) in [6, 6.07) is 6.87. The quantitative estimate of drug-likeness (QED) is 0.791. The van der Waals surface area contributed by atoms with E-state index in [1.54, 1.807) is 24.3 Å². The number of nitrogens with zero attached hydrogens (tertiary/aromatic N) is 3. The van der Waals surface area contributed by atoms with E-state index in [1.807, 2.05) is 0 Å². The Morgan fingerprint density at radius 3 is 2.29 bits per heavy atom. The van der Waals surface area contributed by atoms with E-state index in [0.717, 1.165) is 4.68 Å². The number of carbonyl (C=O) groups is 1. The van der Waals surface area contributed by atoms with Crippen molar-refractivity contribution >= 4 is 29.1 Å². The summed E-state index contributed by atoms with van der Waals surface area (Å²) in [4.78, 5) is 14.0. The van der Waals surface area contributed by atoms with Crippen LogP contribution in [0.1, 0.15) is 29.8 Å². The summed E-state index contributed by atoms with van der Waals surface area (Å²) in [5.41, 5.74) is -1.48. The maximum Gasteiger partial charge on any atom is 0.436 e.